The van der Waals surface area contributed by atoms with Crippen LogP contribution in [0.1, 0.15) is 0 Å². The molecule has 1 aliphatic rings. The van der Waals surface area contributed by atoms with Crippen molar-refractivity contribution in [3.05, 3.63) is 77.6 Å². The third kappa shape index (κ3) is 3.60. The van der Waals surface area contributed by atoms with Crippen LogP contribution in [0.5, 0.6) is 0 Å². The number of benzene rings is 2. The number of para-hydroxylation sites is 2. The van der Waals surface area contributed by atoms with Crippen molar-refractivity contribution in [2.24, 2.45) is 7.05 Å². The number of imidazole rings is 1. The fourth-order valence-corrected chi connectivity index (χ4v) is 4.74. The highest BCUT2D eigenvalue weighted by Crippen LogP contribution is 2.28. The van der Waals surface area contributed by atoms with Gasteiger partial charge in [0.1, 0.15) is 6.54 Å². The van der Waals surface area contributed by atoms with Gasteiger partial charge >= 0.3 is 5.69 Å². The molecule has 0 aliphatic carbocycles. The summed E-state index contributed by atoms with van der Waals surface area (Å²) in [6.07, 6.45) is 5.46. The first-order valence-corrected chi connectivity index (χ1v) is 11.5. The zero-order valence-corrected chi connectivity index (χ0v) is 19.3. The van der Waals surface area contributed by atoms with Crippen LogP contribution in [-0.2, 0) is 23.1 Å². The zero-order chi connectivity index (χ0) is 23.9. The number of carbonyl (C=O) groups excluding carboxylic acids is 1. The van der Waals surface area contributed by atoms with E-state index in [4.69, 9.17) is 4.74 Å². The first kappa shape index (κ1) is 21.3. The van der Waals surface area contributed by atoms with Crippen molar-refractivity contribution in [1.82, 2.24) is 28.8 Å². The van der Waals surface area contributed by atoms with Crippen molar-refractivity contribution >= 4 is 27.8 Å². The number of hydrogen-bond donors (Lipinski definition) is 0. The fourth-order valence-electron chi connectivity index (χ4n) is 4.74. The molecule has 1 saturated heterocycles. The quantitative estimate of drug-likeness (QED) is 0.405. The van der Waals surface area contributed by atoms with E-state index >= 15 is 0 Å². The van der Waals surface area contributed by atoms with Gasteiger partial charge in [0.15, 0.2) is 0 Å². The van der Waals surface area contributed by atoms with E-state index in [1.54, 1.807) is 24.9 Å². The third-order valence-corrected chi connectivity index (χ3v) is 6.60. The Morgan fingerprint density at radius 2 is 1.69 bits per heavy atom. The Labute approximate surface area is 200 Å². The molecule has 176 valence electrons. The van der Waals surface area contributed by atoms with Crippen LogP contribution in [0.15, 0.2) is 71.9 Å². The number of aryl methyl sites for hydroxylation is 1. The van der Waals surface area contributed by atoms with Gasteiger partial charge in [-0.25, -0.2) is 4.79 Å². The van der Waals surface area contributed by atoms with Crippen molar-refractivity contribution in [2.45, 2.75) is 6.54 Å². The number of rotatable bonds is 4. The van der Waals surface area contributed by atoms with Crippen LogP contribution in [0, 0.1) is 0 Å². The molecular weight excluding hydrogens is 444 g/mol. The molecule has 9 heteroatoms. The van der Waals surface area contributed by atoms with E-state index in [9.17, 15) is 9.59 Å². The summed E-state index contributed by atoms with van der Waals surface area (Å²) < 4.78 is 10.4. The van der Waals surface area contributed by atoms with Gasteiger partial charge in [-0.1, -0.05) is 24.3 Å². The molecule has 4 heterocycles. The lowest BCUT2D eigenvalue weighted by Gasteiger charge is -2.26. The summed E-state index contributed by atoms with van der Waals surface area (Å²) >= 11 is 0. The third-order valence-electron chi connectivity index (χ3n) is 6.60. The monoisotopic (exact) mass is 468 g/mol. The van der Waals surface area contributed by atoms with Crippen LogP contribution < -0.4 is 5.69 Å². The Morgan fingerprint density at radius 3 is 2.46 bits per heavy atom. The molecule has 0 spiro atoms. The number of carbonyl (C=O) groups is 1. The standard InChI is InChI=1S/C26H24N6O3/c1-29-24-16-27-14-20(21(24)15-28-29)18-6-8-19(9-7-18)32-23-5-3-2-4-22(23)31(26(32)34)17-25(33)30-10-12-35-13-11-30/h2-9,14-16H,10-13,17H2,1H3. The molecule has 0 bridgehead atoms. The minimum atomic E-state index is -0.239. The van der Waals surface area contributed by atoms with Crippen molar-refractivity contribution in [3.63, 3.8) is 0 Å². The van der Waals surface area contributed by atoms with Gasteiger partial charge in [-0.15, -0.1) is 0 Å². The minimum absolute atomic E-state index is 0.000889. The number of amides is 1. The molecule has 0 atom stereocenters. The van der Waals surface area contributed by atoms with Gasteiger partial charge in [-0.05, 0) is 29.8 Å². The number of aromatic nitrogens is 5. The average Bonchev–Trinajstić information content (AvgIpc) is 3.42. The Hall–Kier alpha value is -4.24. The molecule has 35 heavy (non-hydrogen) atoms. The van der Waals surface area contributed by atoms with E-state index in [1.165, 1.54) is 0 Å². The number of ether oxygens (including phenoxy) is 1. The van der Waals surface area contributed by atoms with E-state index in [0.717, 1.165) is 38.8 Å². The lowest BCUT2D eigenvalue weighted by Crippen LogP contribution is -2.43. The predicted octanol–water partition coefficient (Wildman–Crippen LogP) is 2.60. The van der Waals surface area contributed by atoms with Gasteiger partial charge in [-0.2, -0.15) is 5.10 Å². The second-order valence-corrected chi connectivity index (χ2v) is 8.62. The summed E-state index contributed by atoms with van der Waals surface area (Å²) in [7, 11) is 1.89. The largest absolute Gasteiger partial charge is 0.378 e. The van der Waals surface area contributed by atoms with Gasteiger partial charge in [-0.3, -0.25) is 23.6 Å². The molecule has 5 aromatic rings. The maximum atomic E-state index is 13.5. The topological polar surface area (TPSA) is 87.2 Å². The smallest absolute Gasteiger partial charge is 0.334 e. The predicted molar refractivity (Wildman–Crippen MR) is 132 cm³/mol. The lowest BCUT2D eigenvalue weighted by atomic mass is 10.0. The summed E-state index contributed by atoms with van der Waals surface area (Å²) in [5.41, 5.74) is 4.90. The Balaban J connectivity index is 1.39. The molecule has 1 aliphatic heterocycles. The molecule has 0 radical (unpaired) electrons. The minimum Gasteiger partial charge on any atom is -0.378 e. The number of pyridine rings is 1. The SMILES string of the molecule is Cn1ncc2c(-c3ccc(-n4c(=O)n(CC(=O)N5CCOCC5)c5ccccc54)cc3)cncc21. The molecule has 2 aromatic carbocycles. The number of morpholine rings is 1. The Bertz CT molecular complexity index is 1610. The first-order chi connectivity index (χ1) is 17.1. The van der Waals surface area contributed by atoms with E-state index in [-0.39, 0.29) is 18.1 Å². The van der Waals surface area contributed by atoms with Crippen LogP contribution >= 0.6 is 0 Å². The fraction of sp³-hybridized carbons (Fsp3) is 0.231. The molecule has 0 saturated carbocycles. The second kappa shape index (κ2) is 8.52. The highest BCUT2D eigenvalue weighted by atomic mass is 16.5. The molecule has 1 fully saturated rings. The summed E-state index contributed by atoms with van der Waals surface area (Å²) in [4.78, 5) is 32.6. The second-order valence-electron chi connectivity index (χ2n) is 8.62. The molecule has 6 rings (SSSR count). The molecule has 0 unspecified atom stereocenters. The van der Waals surface area contributed by atoms with Gasteiger partial charge in [0.05, 0.1) is 47.8 Å². The van der Waals surface area contributed by atoms with E-state index in [0.29, 0.717) is 26.3 Å². The van der Waals surface area contributed by atoms with Crippen LogP contribution in [0.4, 0.5) is 0 Å². The van der Waals surface area contributed by atoms with Crippen molar-refractivity contribution < 1.29 is 9.53 Å². The summed E-state index contributed by atoms with van der Waals surface area (Å²) in [6.45, 7) is 2.14. The maximum absolute atomic E-state index is 13.5. The van der Waals surface area contributed by atoms with Crippen LogP contribution in [0.25, 0.3) is 38.8 Å². The highest BCUT2D eigenvalue weighted by Gasteiger charge is 2.21. The average molecular weight is 469 g/mol. The van der Waals surface area contributed by atoms with Crippen LogP contribution in [0.3, 0.4) is 0 Å². The molecule has 0 N–H and O–H groups in total. The number of fused-ring (bicyclic) bond motifs is 2. The van der Waals surface area contributed by atoms with Crippen LogP contribution in [0.2, 0.25) is 0 Å². The normalized spacial score (nSPS) is 14.1. The van der Waals surface area contributed by atoms with Crippen molar-refractivity contribution in [2.75, 3.05) is 26.3 Å². The molecular formula is C26H24N6O3. The van der Waals surface area contributed by atoms with Gasteiger partial charge < -0.3 is 9.64 Å². The highest BCUT2D eigenvalue weighted by molar-refractivity contribution is 5.93. The van der Waals surface area contributed by atoms with Crippen LogP contribution in [-0.4, -0.2) is 61.0 Å². The Morgan fingerprint density at radius 1 is 0.943 bits per heavy atom. The summed E-state index contributed by atoms with van der Waals surface area (Å²) in [6, 6.07) is 15.4. The molecule has 3 aromatic heterocycles. The van der Waals surface area contributed by atoms with E-state index in [1.807, 2.05) is 68.0 Å². The van der Waals surface area contributed by atoms with E-state index in [2.05, 4.69) is 10.1 Å². The number of nitrogens with zero attached hydrogens (tertiary/aromatic N) is 6. The van der Waals surface area contributed by atoms with Gasteiger partial charge in [0, 0.05) is 37.3 Å². The number of hydrogen-bond acceptors (Lipinski definition) is 5. The van der Waals surface area contributed by atoms with Gasteiger partial charge in [0.25, 0.3) is 0 Å². The summed E-state index contributed by atoms with van der Waals surface area (Å²) in [5.74, 6) is -0.0780. The van der Waals surface area contributed by atoms with E-state index < -0.39 is 0 Å². The summed E-state index contributed by atoms with van der Waals surface area (Å²) in [5, 5.41) is 5.36. The van der Waals surface area contributed by atoms with Gasteiger partial charge in [0.2, 0.25) is 5.91 Å². The molecule has 9 nitrogen and oxygen atoms in total. The lowest BCUT2D eigenvalue weighted by molar-refractivity contribution is -0.135. The van der Waals surface area contributed by atoms with Crippen molar-refractivity contribution in [3.8, 4) is 16.8 Å². The first-order valence-electron chi connectivity index (χ1n) is 11.5. The maximum Gasteiger partial charge on any atom is 0.334 e. The van der Waals surface area contributed by atoms with Crippen molar-refractivity contribution in [1.29, 1.82) is 0 Å². The zero-order valence-electron chi connectivity index (χ0n) is 19.3. The molecule has 1 amide bonds. The Kier molecular flexibility index (Phi) is 5.18.